The van der Waals surface area contributed by atoms with Crippen LogP contribution in [-0.2, 0) is 21.2 Å². The highest BCUT2D eigenvalue weighted by Crippen LogP contribution is 2.31. The third-order valence-corrected chi connectivity index (χ3v) is 8.68. The van der Waals surface area contributed by atoms with Crippen LogP contribution in [0.25, 0.3) is 11.3 Å². The molecular weight excluding hydrogens is 478 g/mol. The number of rotatable bonds is 5. The van der Waals surface area contributed by atoms with Gasteiger partial charge in [0.1, 0.15) is 5.75 Å². The summed E-state index contributed by atoms with van der Waals surface area (Å²) in [5.41, 5.74) is 3.30. The van der Waals surface area contributed by atoms with E-state index in [2.05, 4.69) is 10.2 Å². The Kier molecular flexibility index (Phi) is 6.63. The molecule has 0 bridgehead atoms. The largest absolute Gasteiger partial charge is 0.496 e. The highest BCUT2D eigenvalue weighted by Gasteiger charge is 2.30. The molecule has 3 aromatic rings. The van der Waals surface area contributed by atoms with Crippen LogP contribution in [0.4, 0.5) is 11.5 Å². The summed E-state index contributed by atoms with van der Waals surface area (Å²) in [6, 6.07) is 16.6. The number of carbonyl (C=O) groups excluding carboxylic acids is 1. The highest BCUT2D eigenvalue weighted by molar-refractivity contribution is 7.89. The second-order valence-electron chi connectivity index (χ2n) is 8.93. The Balaban J connectivity index is 1.28. The number of hydrogen-bond donors (Lipinski definition) is 0. The fourth-order valence-electron chi connectivity index (χ4n) is 4.86. The van der Waals surface area contributed by atoms with Gasteiger partial charge in [0.2, 0.25) is 15.9 Å². The summed E-state index contributed by atoms with van der Waals surface area (Å²) in [6.45, 7) is 3.95. The number of ether oxygens (including phenoxy) is 1. The Labute approximate surface area is 211 Å². The molecule has 1 amide bonds. The summed E-state index contributed by atoms with van der Waals surface area (Å²) < 4.78 is 33.7. The van der Waals surface area contributed by atoms with E-state index in [1.807, 2.05) is 41.3 Å². The number of anilines is 2. The average Bonchev–Trinajstić information content (AvgIpc) is 2.92. The van der Waals surface area contributed by atoms with E-state index in [4.69, 9.17) is 4.74 Å². The van der Waals surface area contributed by atoms with Gasteiger partial charge in [-0.15, -0.1) is 10.2 Å². The van der Waals surface area contributed by atoms with E-state index in [0.717, 1.165) is 35.4 Å². The first-order chi connectivity index (χ1) is 17.4. The van der Waals surface area contributed by atoms with Crippen molar-refractivity contribution in [2.24, 2.45) is 0 Å². The molecule has 36 heavy (non-hydrogen) atoms. The summed E-state index contributed by atoms with van der Waals surface area (Å²) in [4.78, 5) is 16.0. The van der Waals surface area contributed by atoms with Gasteiger partial charge in [0.25, 0.3) is 0 Å². The monoisotopic (exact) mass is 507 g/mol. The number of sulfonamides is 1. The standard InChI is InChI=1S/C26H29N5O4S/c1-19(32)31-13-5-6-20-18-21(9-11-24(20)31)36(33,34)30-16-14-29(15-17-30)26-12-10-23(27-28-26)22-7-3-4-8-25(22)35-2/h3-4,7-12,18H,5-6,13-17H2,1-2H3. The molecule has 0 unspecified atom stereocenters. The number of hydrogen-bond acceptors (Lipinski definition) is 7. The number of carbonyl (C=O) groups is 1. The maximum Gasteiger partial charge on any atom is 0.243 e. The molecule has 3 heterocycles. The minimum atomic E-state index is -3.64. The van der Waals surface area contributed by atoms with Crippen molar-refractivity contribution in [3.8, 4) is 17.0 Å². The second kappa shape index (κ2) is 9.87. The topological polar surface area (TPSA) is 95.9 Å². The molecular formula is C26H29N5O4S. The number of para-hydroxylation sites is 1. The van der Waals surface area contributed by atoms with E-state index in [9.17, 15) is 13.2 Å². The van der Waals surface area contributed by atoms with Gasteiger partial charge in [0.15, 0.2) is 5.82 Å². The van der Waals surface area contributed by atoms with Crippen LogP contribution >= 0.6 is 0 Å². The van der Waals surface area contributed by atoms with Gasteiger partial charge in [-0.25, -0.2) is 8.42 Å². The summed E-state index contributed by atoms with van der Waals surface area (Å²) in [5.74, 6) is 1.42. The lowest BCUT2D eigenvalue weighted by atomic mass is 10.0. The van der Waals surface area contributed by atoms with Gasteiger partial charge in [0.05, 0.1) is 17.7 Å². The number of piperazine rings is 1. The van der Waals surface area contributed by atoms with Crippen LogP contribution in [0.3, 0.4) is 0 Å². The second-order valence-corrected chi connectivity index (χ2v) is 10.9. The molecule has 0 saturated carbocycles. The Bertz CT molecular complexity index is 1370. The van der Waals surface area contributed by atoms with Gasteiger partial charge in [-0.05, 0) is 60.9 Å². The van der Waals surface area contributed by atoms with Gasteiger partial charge < -0.3 is 14.5 Å². The zero-order valence-electron chi connectivity index (χ0n) is 20.4. The Hall–Kier alpha value is -3.50. The molecule has 2 aliphatic rings. The van der Waals surface area contributed by atoms with Gasteiger partial charge in [0, 0.05) is 50.9 Å². The summed E-state index contributed by atoms with van der Waals surface area (Å²) in [5, 5.41) is 8.77. The molecule has 1 aromatic heterocycles. The number of nitrogens with zero attached hydrogens (tertiary/aromatic N) is 5. The number of aromatic nitrogens is 2. The first kappa shape index (κ1) is 24.2. The zero-order valence-corrected chi connectivity index (χ0v) is 21.2. The molecule has 2 aliphatic heterocycles. The van der Waals surface area contributed by atoms with Crippen LogP contribution in [0.2, 0.25) is 0 Å². The van der Waals surface area contributed by atoms with E-state index < -0.39 is 10.0 Å². The maximum absolute atomic E-state index is 13.4. The van der Waals surface area contributed by atoms with Crippen molar-refractivity contribution in [1.29, 1.82) is 0 Å². The molecule has 2 aromatic carbocycles. The SMILES string of the molecule is COc1ccccc1-c1ccc(N2CCN(S(=O)(=O)c3ccc4c(c3)CCCN4C(C)=O)CC2)nn1. The number of aryl methyl sites for hydroxylation is 1. The van der Waals surface area contributed by atoms with Crippen molar-refractivity contribution >= 4 is 27.4 Å². The van der Waals surface area contributed by atoms with E-state index >= 15 is 0 Å². The van der Waals surface area contributed by atoms with Crippen LogP contribution in [0.1, 0.15) is 18.9 Å². The molecule has 0 aliphatic carbocycles. The van der Waals surface area contributed by atoms with E-state index in [1.165, 1.54) is 11.2 Å². The number of amides is 1. The quantitative estimate of drug-likeness (QED) is 0.524. The Morgan fingerprint density at radius 3 is 2.42 bits per heavy atom. The lowest BCUT2D eigenvalue weighted by Gasteiger charge is -2.35. The molecule has 0 N–H and O–H groups in total. The van der Waals surface area contributed by atoms with Gasteiger partial charge in [-0.1, -0.05) is 12.1 Å². The minimum absolute atomic E-state index is 0.0262. The average molecular weight is 508 g/mol. The smallest absolute Gasteiger partial charge is 0.243 e. The molecule has 0 spiro atoms. The molecule has 5 rings (SSSR count). The maximum atomic E-state index is 13.4. The summed E-state index contributed by atoms with van der Waals surface area (Å²) in [7, 11) is -2.01. The zero-order chi connectivity index (χ0) is 25.3. The van der Waals surface area contributed by atoms with E-state index in [0.29, 0.717) is 44.2 Å². The Morgan fingerprint density at radius 1 is 0.944 bits per heavy atom. The van der Waals surface area contributed by atoms with Crippen molar-refractivity contribution in [2.45, 2.75) is 24.7 Å². The van der Waals surface area contributed by atoms with Crippen molar-refractivity contribution in [3.05, 3.63) is 60.2 Å². The van der Waals surface area contributed by atoms with Crippen LogP contribution in [0, 0.1) is 0 Å². The first-order valence-electron chi connectivity index (χ1n) is 12.0. The molecule has 0 radical (unpaired) electrons. The number of fused-ring (bicyclic) bond motifs is 1. The molecule has 1 saturated heterocycles. The molecule has 10 heteroatoms. The minimum Gasteiger partial charge on any atom is -0.496 e. The van der Waals surface area contributed by atoms with Gasteiger partial charge in [-0.2, -0.15) is 4.31 Å². The van der Waals surface area contributed by atoms with Crippen molar-refractivity contribution in [2.75, 3.05) is 49.6 Å². The first-order valence-corrected chi connectivity index (χ1v) is 13.5. The van der Waals surface area contributed by atoms with Crippen LogP contribution in [0.5, 0.6) is 5.75 Å². The molecule has 9 nitrogen and oxygen atoms in total. The predicted molar refractivity (Wildman–Crippen MR) is 138 cm³/mol. The summed E-state index contributed by atoms with van der Waals surface area (Å²) in [6.07, 6.45) is 1.59. The van der Waals surface area contributed by atoms with Crippen molar-refractivity contribution in [1.82, 2.24) is 14.5 Å². The fraction of sp³-hybridized carbons (Fsp3) is 0.346. The lowest BCUT2D eigenvalue weighted by molar-refractivity contribution is -0.116. The third kappa shape index (κ3) is 4.54. The highest BCUT2D eigenvalue weighted by atomic mass is 32.2. The van der Waals surface area contributed by atoms with Crippen molar-refractivity contribution < 1.29 is 17.9 Å². The molecule has 188 valence electrons. The van der Waals surface area contributed by atoms with E-state index in [-0.39, 0.29) is 10.8 Å². The summed E-state index contributed by atoms with van der Waals surface area (Å²) >= 11 is 0. The normalized spacial score (nSPS) is 16.5. The predicted octanol–water partition coefficient (Wildman–Crippen LogP) is 2.96. The lowest BCUT2D eigenvalue weighted by Crippen LogP contribution is -2.49. The number of benzene rings is 2. The van der Waals surface area contributed by atoms with E-state index in [1.54, 1.807) is 30.2 Å². The number of methoxy groups -OCH3 is 1. The van der Waals surface area contributed by atoms with Crippen molar-refractivity contribution in [3.63, 3.8) is 0 Å². The van der Waals surface area contributed by atoms with Crippen LogP contribution in [0.15, 0.2) is 59.5 Å². The Morgan fingerprint density at radius 2 is 1.72 bits per heavy atom. The van der Waals surface area contributed by atoms with Crippen LogP contribution < -0.4 is 14.5 Å². The molecule has 1 fully saturated rings. The third-order valence-electron chi connectivity index (χ3n) is 6.78. The van der Waals surface area contributed by atoms with Crippen LogP contribution in [-0.4, -0.2) is 68.7 Å². The van der Waals surface area contributed by atoms with Gasteiger partial charge >= 0.3 is 0 Å². The molecule has 0 atom stereocenters. The van der Waals surface area contributed by atoms with Gasteiger partial charge in [-0.3, -0.25) is 4.79 Å². The fourth-order valence-corrected chi connectivity index (χ4v) is 6.33.